The lowest BCUT2D eigenvalue weighted by molar-refractivity contribution is 0.412. The van der Waals surface area contributed by atoms with Crippen molar-refractivity contribution in [1.29, 1.82) is 5.26 Å². The van der Waals surface area contributed by atoms with Crippen molar-refractivity contribution >= 4 is 21.6 Å². The molecule has 0 bridgehead atoms. The van der Waals surface area contributed by atoms with E-state index in [1.807, 2.05) is 13.0 Å². The van der Waals surface area contributed by atoms with Gasteiger partial charge in [0.05, 0.1) is 16.7 Å². The van der Waals surface area contributed by atoms with Gasteiger partial charge in [0.2, 0.25) is 10.0 Å². The standard InChI is InChI=1S/C13H15ClN2O2S/c1-2-16(9-10-3-4-10)19(17,18)13-6-5-11(8-15)7-12(13)14/h5-7,10H,2-4,9H2,1H3. The summed E-state index contributed by atoms with van der Waals surface area (Å²) >= 11 is 5.99. The Labute approximate surface area is 118 Å². The number of rotatable bonds is 5. The van der Waals surface area contributed by atoms with E-state index in [-0.39, 0.29) is 9.92 Å². The SMILES string of the molecule is CCN(CC1CC1)S(=O)(=O)c1ccc(C#N)cc1Cl. The van der Waals surface area contributed by atoms with Gasteiger partial charge in [-0.1, -0.05) is 18.5 Å². The minimum Gasteiger partial charge on any atom is -0.207 e. The number of hydrogen-bond donors (Lipinski definition) is 0. The second-order valence-electron chi connectivity index (χ2n) is 4.66. The summed E-state index contributed by atoms with van der Waals surface area (Å²) in [6, 6.07) is 6.21. The monoisotopic (exact) mass is 298 g/mol. The summed E-state index contributed by atoms with van der Waals surface area (Å²) in [5.41, 5.74) is 0.356. The van der Waals surface area contributed by atoms with Crippen LogP contribution in [0.1, 0.15) is 25.3 Å². The van der Waals surface area contributed by atoms with Crippen LogP contribution in [0.2, 0.25) is 5.02 Å². The molecule has 6 heteroatoms. The number of hydrogen-bond acceptors (Lipinski definition) is 3. The molecule has 0 unspecified atom stereocenters. The predicted molar refractivity (Wildman–Crippen MR) is 73.3 cm³/mol. The van der Waals surface area contributed by atoms with Gasteiger partial charge in [-0.2, -0.15) is 9.57 Å². The molecule has 0 amide bonds. The molecule has 0 heterocycles. The summed E-state index contributed by atoms with van der Waals surface area (Å²) in [6.45, 7) is 2.79. The number of halogens is 1. The molecule has 2 rings (SSSR count). The van der Waals surface area contributed by atoms with Gasteiger partial charge in [-0.15, -0.1) is 0 Å². The first-order valence-electron chi connectivity index (χ1n) is 6.18. The van der Waals surface area contributed by atoms with Crippen molar-refractivity contribution < 1.29 is 8.42 Å². The van der Waals surface area contributed by atoms with Crippen LogP contribution in [-0.2, 0) is 10.0 Å². The maximum absolute atomic E-state index is 12.5. The van der Waals surface area contributed by atoms with Gasteiger partial charge in [-0.3, -0.25) is 0 Å². The smallest absolute Gasteiger partial charge is 0.207 e. The number of nitriles is 1. The highest BCUT2D eigenvalue weighted by Crippen LogP contribution is 2.33. The highest BCUT2D eigenvalue weighted by atomic mass is 35.5. The van der Waals surface area contributed by atoms with E-state index in [9.17, 15) is 8.42 Å². The largest absolute Gasteiger partial charge is 0.244 e. The van der Waals surface area contributed by atoms with Crippen molar-refractivity contribution in [2.75, 3.05) is 13.1 Å². The Kier molecular flexibility index (Phi) is 4.14. The van der Waals surface area contributed by atoms with Gasteiger partial charge in [0.25, 0.3) is 0 Å². The molecule has 19 heavy (non-hydrogen) atoms. The molecule has 1 aliphatic carbocycles. The second kappa shape index (κ2) is 5.49. The van der Waals surface area contributed by atoms with Crippen molar-refractivity contribution in [2.24, 2.45) is 5.92 Å². The molecule has 1 fully saturated rings. The van der Waals surface area contributed by atoms with Crippen molar-refractivity contribution in [2.45, 2.75) is 24.7 Å². The zero-order valence-electron chi connectivity index (χ0n) is 10.6. The summed E-state index contributed by atoms with van der Waals surface area (Å²) in [5, 5.41) is 8.87. The number of sulfonamides is 1. The average Bonchev–Trinajstić information content (AvgIpc) is 3.19. The first kappa shape index (κ1) is 14.3. The third-order valence-corrected chi connectivity index (χ3v) is 5.61. The Bertz CT molecular complexity index is 618. The lowest BCUT2D eigenvalue weighted by Gasteiger charge is -2.21. The van der Waals surface area contributed by atoms with Crippen molar-refractivity contribution in [3.05, 3.63) is 28.8 Å². The third kappa shape index (κ3) is 3.08. The minimum atomic E-state index is -3.57. The van der Waals surface area contributed by atoms with Gasteiger partial charge >= 0.3 is 0 Å². The van der Waals surface area contributed by atoms with E-state index in [4.69, 9.17) is 16.9 Å². The Morgan fingerprint density at radius 2 is 2.16 bits per heavy atom. The fourth-order valence-corrected chi connectivity index (χ4v) is 3.95. The molecular formula is C13H15ClN2O2S. The summed E-state index contributed by atoms with van der Waals surface area (Å²) in [4.78, 5) is 0.0793. The van der Waals surface area contributed by atoms with Crippen molar-refractivity contribution in [3.63, 3.8) is 0 Å². The fourth-order valence-electron chi connectivity index (χ4n) is 1.90. The molecule has 0 spiro atoms. The summed E-state index contributed by atoms with van der Waals surface area (Å²) in [7, 11) is -3.57. The molecule has 0 atom stereocenters. The molecule has 1 aromatic rings. The molecule has 0 aromatic heterocycles. The van der Waals surface area contributed by atoms with Crippen molar-refractivity contribution in [3.8, 4) is 6.07 Å². The zero-order chi connectivity index (χ0) is 14.0. The summed E-state index contributed by atoms with van der Waals surface area (Å²) < 4.78 is 26.5. The van der Waals surface area contributed by atoms with Gasteiger partial charge in [0.1, 0.15) is 4.90 Å². The molecular weight excluding hydrogens is 284 g/mol. The third-order valence-electron chi connectivity index (χ3n) is 3.19. The van der Waals surface area contributed by atoms with E-state index in [0.717, 1.165) is 12.8 Å². The molecule has 0 radical (unpaired) electrons. The highest BCUT2D eigenvalue weighted by Gasteiger charge is 2.31. The van der Waals surface area contributed by atoms with Crippen LogP contribution < -0.4 is 0 Å². The molecule has 0 N–H and O–H groups in total. The first-order chi connectivity index (χ1) is 8.98. The van der Waals surface area contributed by atoms with Crippen LogP contribution in [0.5, 0.6) is 0 Å². The Hall–Kier alpha value is -1.09. The van der Waals surface area contributed by atoms with Gasteiger partial charge in [-0.25, -0.2) is 8.42 Å². The molecule has 0 saturated heterocycles. The number of benzene rings is 1. The van der Waals surface area contributed by atoms with E-state index in [1.54, 1.807) is 0 Å². The normalized spacial score (nSPS) is 15.5. The van der Waals surface area contributed by atoms with Crippen molar-refractivity contribution in [1.82, 2.24) is 4.31 Å². The molecule has 0 aliphatic heterocycles. The quantitative estimate of drug-likeness (QED) is 0.839. The predicted octanol–water partition coefficient (Wildman–Crippen LogP) is 2.63. The maximum Gasteiger partial charge on any atom is 0.244 e. The fraction of sp³-hybridized carbons (Fsp3) is 0.462. The number of nitrogens with zero attached hydrogens (tertiary/aromatic N) is 2. The van der Waals surface area contributed by atoms with E-state index in [2.05, 4.69) is 0 Å². The van der Waals surface area contributed by atoms with Crippen LogP contribution >= 0.6 is 11.6 Å². The molecule has 1 saturated carbocycles. The molecule has 1 aliphatic rings. The lowest BCUT2D eigenvalue weighted by Crippen LogP contribution is -2.33. The Morgan fingerprint density at radius 1 is 1.47 bits per heavy atom. The van der Waals surface area contributed by atoms with Crippen LogP contribution in [0.25, 0.3) is 0 Å². The van der Waals surface area contributed by atoms with Gasteiger partial charge < -0.3 is 0 Å². The first-order valence-corrected chi connectivity index (χ1v) is 8.00. The van der Waals surface area contributed by atoms with E-state index < -0.39 is 10.0 Å². The van der Waals surface area contributed by atoms with Crippen LogP contribution in [0.15, 0.2) is 23.1 Å². The van der Waals surface area contributed by atoms with E-state index in [0.29, 0.717) is 24.6 Å². The van der Waals surface area contributed by atoms with E-state index >= 15 is 0 Å². The maximum atomic E-state index is 12.5. The van der Waals surface area contributed by atoms with E-state index in [1.165, 1.54) is 22.5 Å². The van der Waals surface area contributed by atoms with Crippen LogP contribution in [0.4, 0.5) is 0 Å². The molecule has 1 aromatic carbocycles. The average molecular weight is 299 g/mol. The van der Waals surface area contributed by atoms with Gasteiger partial charge in [0, 0.05) is 13.1 Å². The van der Waals surface area contributed by atoms with Crippen LogP contribution in [0, 0.1) is 17.2 Å². The zero-order valence-corrected chi connectivity index (χ0v) is 12.2. The van der Waals surface area contributed by atoms with Crippen LogP contribution in [-0.4, -0.2) is 25.8 Å². The second-order valence-corrected chi connectivity index (χ2v) is 6.97. The summed E-state index contributed by atoms with van der Waals surface area (Å²) in [5.74, 6) is 0.479. The topological polar surface area (TPSA) is 61.2 Å². The molecule has 102 valence electrons. The Morgan fingerprint density at radius 3 is 2.63 bits per heavy atom. The van der Waals surface area contributed by atoms with Gasteiger partial charge in [0.15, 0.2) is 0 Å². The minimum absolute atomic E-state index is 0.0793. The Balaban J connectivity index is 2.34. The van der Waals surface area contributed by atoms with Crippen LogP contribution in [0.3, 0.4) is 0 Å². The lowest BCUT2D eigenvalue weighted by atomic mass is 10.2. The molecule has 4 nitrogen and oxygen atoms in total. The highest BCUT2D eigenvalue weighted by molar-refractivity contribution is 7.89. The summed E-state index contributed by atoms with van der Waals surface area (Å²) in [6.07, 6.45) is 2.18. The van der Waals surface area contributed by atoms with Gasteiger partial charge in [-0.05, 0) is 37.0 Å².